The second-order valence-electron chi connectivity index (χ2n) is 36.6. The number of ether oxygens (including phenoxy) is 2. The number of carbonyl (C=O) groups is 2. The number of likely N-dealkylation sites (N-methyl/N-ethyl adjacent to an activating group) is 1. The van der Waals surface area contributed by atoms with Crippen LogP contribution in [0.15, 0.2) is 189 Å². The number of halogens is 2. The number of carbonyl (C=O) groups excluding carboxylic acids is 2. The maximum absolute atomic E-state index is 14.1. The van der Waals surface area contributed by atoms with Gasteiger partial charge in [0.15, 0.2) is 0 Å². The molecule has 33 heteroatoms. The largest absolute Gasteiger partial charge is 0.455 e. The molecule has 2 atom stereocenters. The summed E-state index contributed by atoms with van der Waals surface area (Å²) in [4.78, 5) is 83.6. The Morgan fingerprint density at radius 3 is 1.38 bits per heavy atom. The van der Waals surface area contributed by atoms with Crippen molar-refractivity contribution in [2.45, 2.75) is 111 Å². The van der Waals surface area contributed by atoms with Crippen molar-refractivity contribution in [1.29, 1.82) is 0 Å². The third-order valence-corrected chi connectivity index (χ3v) is 31.6. The van der Waals surface area contributed by atoms with Crippen LogP contribution in [0.2, 0.25) is 10.0 Å². The monoisotopic (exact) mass is 1850 g/mol. The molecule has 4 N–H and O–H groups in total. The number of benzene rings is 6. The Kier molecular flexibility index (Phi) is 27.9. The lowest BCUT2D eigenvalue weighted by Gasteiger charge is -2.39. The molecule has 0 saturated carbocycles. The lowest BCUT2D eigenvalue weighted by molar-refractivity contribution is -0.386. The highest BCUT2D eigenvalue weighted by molar-refractivity contribution is 7.99. The molecule has 2 amide bonds. The van der Waals surface area contributed by atoms with Gasteiger partial charge in [0.05, 0.1) is 43.2 Å². The Balaban J connectivity index is 0.000000188. The number of hydrogen-bond acceptors (Lipinski definition) is 23. The molecule has 6 aromatic carbocycles. The maximum Gasteiger partial charge on any atom is 0.275 e. The Morgan fingerprint density at radius 2 is 0.961 bits per heavy atom. The maximum atomic E-state index is 14.1. The number of H-pyrrole nitrogens is 2. The van der Waals surface area contributed by atoms with Crippen LogP contribution >= 0.6 is 46.7 Å². The van der Waals surface area contributed by atoms with Gasteiger partial charge in [-0.2, -0.15) is 0 Å². The number of piperazine rings is 3. The molecule has 0 radical (unpaired) electrons. The van der Waals surface area contributed by atoms with Gasteiger partial charge in [0.25, 0.3) is 43.2 Å². The second-order valence-corrected chi connectivity index (χ2v) is 43.0. The average molecular weight is 1850 g/mol. The van der Waals surface area contributed by atoms with Crippen molar-refractivity contribution in [2.75, 3.05) is 147 Å². The van der Waals surface area contributed by atoms with Crippen molar-refractivity contribution in [3.05, 3.63) is 233 Å². The van der Waals surface area contributed by atoms with Crippen LogP contribution < -0.4 is 28.7 Å². The fourth-order valence-corrected chi connectivity index (χ4v) is 23.3. The number of rotatable bonds is 26. The fraction of sp³-hybridized carbons (Fsp3) is 0.411. The number of aromatic nitrogens is 4. The predicted octanol–water partition coefficient (Wildman–Crippen LogP) is 17.8. The fourth-order valence-electron chi connectivity index (χ4n) is 18.3. The first-order valence-corrected chi connectivity index (χ1v) is 49.4. The summed E-state index contributed by atoms with van der Waals surface area (Å²) in [5.74, 6) is 1.05. The zero-order valence-electron chi connectivity index (χ0n) is 73.2. The first-order valence-electron chi connectivity index (χ1n) is 43.7. The minimum atomic E-state index is -4.56. The van der Waals surface area contributed by atoms with Crippen molar-refractivity contribution >= 4 is 135 Å². The van der Waals surface area contributed by atoms with Crippen LogP contribution in [0.5, 0.6) is 23.0 Å². The van der Waals surface area contributed by atoms with E-state index in [1.165, 1.54) is 75.3 Å². The van der Waals surface area contributed by atoms with E-state index in [-0.39, 0.29) is 66.5 Å². The van der Waals surface area contributed by atoms with Crippen molar-refractivity contribution in [1.82, 2.24) is 53.9 Å². The van der Waals surface area contributed by atoms with Gasteiger partial charge in [-0.1, -0.05) is 86.3 Å². The first kappa shape index (κ1) is 91.4. The smallest absolute Gasteiger partial charge is 0.275 e. The molecule has 3 fully saturated rings. The predicted molar refractivity (Wildman–Crippen MR) is 508 cm³/mol. The van der Waals surface area contributed by atoms with Gasteiger partial charge in [0, 0.05) is 193 Å². The molecule has 4 aromatic heterocycles. The number of allylic oxidation sites excluding steroid dienone is 2. The topological polar surface area (TPSA) is 311 Å². The number of thioether (sulfide) groups is 2. The molecule has 2 aliphatic carbocycles. The van der Waals surface area contributed by atoms with E-state index in [1.807, 2.05) is 56.6 Å². The van der Waals surface area contributed by atoms with Crippen LogP contribution in [0.4, 0.5) is 22.7 Å². The number of nitro benzene ring substituents is 2. The molecule has 0 bridgehead atoms. The highest BCUT2D eigenvalue weighted by Gasteiger charge is 2.38. The van der Waals surface area contributed by atoms with E-state index in [0.717, 1.165) is 206 Å². The number of hydrogen-bond donors (Lipinski definition) is 4. The van der Waals surface area contributed by atoms with E-state index in [0.29, 0.717) is 62.3 Å². The van der Waals surface area contributed by atoms with Gasteiger partial charge < -0.3 is 43.9 Å². The Morgan fingerprint density at radius 1 is 0.547 bits per heavy atom. The molecule has 10 aromatic rings. The number of nitro groups is 2. The molecule has 674 valence electrons. The summed E-state index contributed by atoms with van der Waals surface area (Å²) in [6.45, 7) is 23.2. The van der Waals surface area contributed by atoms with Crippen LogP contribution in [0.1, 0.15) is 122 Å². The van der Waals surface area contributed by atoms with E-state index in [1.54, 1.807) is 61.1 Å². The number of nitrogens with zero attached hydrogens (tertiary/aromatic N) is 11. The van der Waals surface area contributed by atoms with E-state index < -0.39 is 41.7 Å². The van der Waals surface area contributed by atoms with E-state index in [4.69, 9.17) is 32.7 Å². The number of pyridine rings is 2. The Labute approximate surface area is 766 Å². The Bertz CT molecular complexity index is 6140. The number of sulfonamides is 2. The van der Waals surface area contributed by atoms with Crippen molar-refractivity contribution in [3.63, 3.8) is 0 Å². The van der Waals surface area contributed by atoms with Crippen LogP contribution in [-0.2, 0) is 32.9 Å². The molecule has 9 heterocycles. The van der Waals surface area contributed by atoms with Crippen LogP contribution in [0, 0.1) is 42.9 Å². The lowest BCUT2D eigenvalue weighted by Crippen LogP contribution is -2.47. The minimum Gasteiger partial charge on any atom is -0.455 e. The summed E-state index contributed by atoms with van der Waals surface area (Å²) in [5, 5.41) is 27.8. The van der Waals surface area contributed by atoms with Crippen molar-refractivity contribution < 1.29 is 45.7 Å². The summed E-state index contributed by atoms with van der Waals surface area (Å²) >= 11 is 15.4. The van der Waals surface area contributed by atoms with Crippen molar-refractivity contribution in [2.24, 2.45) is 22.7 Å². The molecule has 5 aliphatic heterocycles. The first-order chi connectivity index (χ1) is 61.3. The highest BCUT2D eigenvalue weighted by atomic mass is 35.5. The minimum absolute atomic E-state index is 0.0120. The van der Waals surface area contributed by atoms with E-state index >= 15 is 0 Å². The van der Waals surface area contributed by atoms with Gasteiger partial charge in [-0.05, 0) is 228 Å². The summed E-state index contributed by atoms with van der Waals surface area (Å²) < 4.78 is 72.9. The highest BCUT2D eigenvalue weighted by Crippen LogP contribution is 2.48. The normalized spacial score (nSPS) is 19.0. The number of aromatic amines is 2. The summed E-state index contributed by atoms with van der Waals surface area (Å²) in [6, 6.07) is 39.0. The summed E-state index contributed by atoms with van der Waals surface area (Å²) in [5.41, 5.74) is 12.2. The molecule has 27 nitrogen and oxygen atoms in total. The van der Waals surface area contributed by atoms with Gasteiger partial charge in [0.2, 0.25) is 0 Å². The molecule has 0 unspecified atom stereocenters. The standard InChI is InChI=1S/C49H57ClN8O6S2.C46H52ClN7O6S2/c1-49(2)13-10-36(43(29-49)34-4-6-37(50)7-5-34)31-56-20-22-57(23-21-56)38-8-9-41(45(26-38)64-39-25-35-11-14-51-47(35)52-30-39)48(59)53-66(62,63)40-27-44(58(60)61)42-24-33(32-65-46(42)28-40)12-15-55-18-16-54(3)17-19-55;1-46(2)14-11-33(40(26-46)31-5-7-34(47)8-6-31)28-52-17-19-53(20-18-52)35-9-10-38(42(23-35)60-36-22-32-12-15-48-44(32)49-27-36)45(55)50-62(58,59)37-24-41(54(56)57)39-21-30(13-16-51(3)4)29-61-43(39)25-37/h4-9,11,14,25-28,30,33H,10,12-13,15-24,29,31-32H2,1-3H3,(H,51,52)(H,53,59);5-10,12,15,22-25,27,30H,11,13-14,16-21,26,28-29H2,1-4H3,(H,48,49)(H,50,55)/t33-;30-/m00/s1. The number of nitrogens with one attached hydrogen (secondary N) is 4. The number of amides is 2. The number of anilines is 2. The number of fused-ring (bicyclic) bond motifs is 4. The molecule has 128 heavy (non-hydrogen) atoms. The molecule has 0 spiro atoms. The Hall–Kier alpha value is -9.90. The lowest BCUT2D eigenvalue weighted by atomic mass is 9.72. The summed E-state index contributed by atoms with van der Waals surface area (Å²) in [6.07, 6.45) is 15.8. The van der Waals surface area contributed by atoms with Gasteiger partial charge in [-0.15, -0.1) is 23.5 Å². The molecule has 3 saturated heterocycles. The molecule has 7 aliphatic rings. The van der Waals surface area contributed by atoms with E-state index in [9.17, 15) is 46.7 Å². The zero-order valence-corrected chi connectivity index (χ0v) is 77.9. The third kappa shape index (κ3) is 22.1. The molecule has 17 rings (SSSR count). The van der Waals surface area contributed by atoms with Gasteiger partial charge in [-0.3, -0.25) is 39.6 Å². The van der Waals surface area contributed by atoms with Gasteiger partial charge in [-0.25, -0.2) is 36.2 Å². The third-order valence-electron chi connectivity index (χ3n) is 25.8. The van der Waals surface area contributed by atoms with Gasteiger partial charge in [0.1, 0.15) is 34.3 Å². The molecular weight excluding hydrogens is 1740 g/mol. The van der Waals surface area contributed by atoms with Gasteiger partial charge >= 0.3 is 0 Å². The second kappa shape index (κ2) is 39.0. The molecular formula is C95H109Cl2N15O12S4. The summed E-state index contributed by atoms with van der Waals surface area (Å²) in [7, 11) is -3.01. The average Bonchev–Trinajstić information content (AvgIpc) is 0.931. The quantitative estimate of drug-likeness (QED) is 0.0289. The SMILES string of the molecule is CN(C)CC[C@@H]1CSc2cc(S(=O)(=O)NC(=O)c3ccc(N4CCN(CC5=C(c6ccc(Cl)cc6)CC(C)(C)CC5)CC4)cc3Oc3cnc4[nH]ccc4c3)cc([N+](=O)[O-])c2C1.CN1CCN(CC[C@@H]2CSc3cc(S(=O)(=O)NC(=O)c4ccc(N5CCN(CC6=C(c7ccc(Cl)cc7)CC(C)(C)CC6)CC5)cc4Oc4cnc5[nH]ccc5c4)cc([N+](=O)[O-])c3C2)CC1. The van der Waals surface area contributed by atoms with E-state index in [2.05, 4.69) is 123 Å². The van der Waals surface area contributed by atoms with Crippen LogP contribution in [0.3, 0.4) is 0 Å². The zero-order chi connectivity index (χ0) is 89.9. The van der Waals surface area contributed by atoms with Crippen LogP contribution in [-0.4, -0.2) is 220 Å². The van der Waals surface area contributed by atoms with Crippen LogP contribution in [0.25, 0.3) is 33.2 Å². The van der Waals surface area contributed by atoms with Crippen molar-refractivity contribution in [3.8, 4) is 23.0 Å².